The third kappa shape index (κ3) is 10.8. The molecule has 2 fully saturated rings. The van der Waals surface area contributed by atoms with Gasteiger partial charge in [0.1, 0.15) is 26.4 Å². The Bertz CT molecular complexity index is 1090. The molecule has 2 N–H and O–H groups in total. The molecule has 2 aliphatic carbocycles. The number of carbonyl (C=O) groups is 6. The molecule has 0 aromatic rings. The zero-order chi connectivity index (χ0) is 34.0. The van der Waals surface area contributed by atoms with Gasteiger partial charge in [0.25, 0.3) is 0 Å². The number of amides is 2. The number of allylic oxidation sites excluding steroid dienone is 2. The quantitative estimate of drug-likeness (QED) is 0.0541. The normalized spacial score (nSPS) is 22.3. The highest BCUT2D eigenvalue weighted by Gasteiger charge is 2.67. The van der Waals surface area contributed by atoms with Crippen molar-refractivity contribution in [2.45, 2.75) is 65.2 Å². The highest BCUT2D eigenvalue weighted by molar-refractivity contribution is 6.05. The predicted octanol–water partition coefficient (Wildman–Crippen LogP) is 3.38. The summed E-state index contributed by atoms with van der Waals surface area (Å²) in [4.78, 5) is 74.0. The topological polar surface area (TPSA) is 182 Å². The zero-order valence-electron chi connectivity index (χ0n) is 26.9. The van der Waals surface area contributed by atoms with Crippen molar-refractivity contribution in [2.75, 3.05) is 52.7 Å². The van der Waals surface area contributed by atoms with Gasteiger partial charge in [0.2, 0.25) is 0 Å². The summed E-state index contributed by atoms with van der Waals surface area (Å²) >= 11 is 0. The van der Waals surface area contributed by atoms with Crippen LogP contribution in [0.5, 0.6) is 0 Å². The SMILES string of the molecule is C=CC1CC1(C(=O)OCCCC)C(=O)OCCOC(=O)NCCCCOC(=O)C1(C(=O)OCCOC(=O)NCCCC)CC1C=C. The Kier molecular flexibility index (Phi) is 16.1. The van der Waals surface area contributed by atoms with E-state index < -0.39 is 52.8 Å². The van der Waals surface area contributed by atoms with Crippen molar-refractivity contribution in [2.24, 2.45) is 22.7 Å². The first-order valence-electron chi connectivity index (χ1n) is 15.9. The molecule has 46 heavy (non-hydrogen) atoms. The lowest BCUT2D eigenvalue weighted by atomic mass is 10.0. The van der Waals surface area contributed by atoms with Crippen molar-refractivity contribution in [1.29, 1.82) is 0 Å². The Morgan fingerprint density at radius 2 is 0.935 bits per heavy atom. The summed E-state index contributed by atoms with van der Waals surface area (Å²) in [6.07, 6.45) is 6.31. The summed E-state index contributed by atoms with van der Waals surface area (Å²) in [7, 11) is 0. The van der Waals surface area contributed by atoms with Gasteiger partial charge in [0.05, 0.1) is 13.2 Å². The Balaban J connectivity index is 1.59. The molecule has 0 aromatic carbocycles. The maximum absolute atomic E-state index is 12.7. The van der Waals surface area contributed by atoms with E-state index in [9.17, 15) is 28.8 Å². The largest absolute Gasteiger partial charge is 0.465 e. The molecule has 14 nitrogen and oxygen atoms in total. The standard InChI is InChI=1S/C32H48N2O12/c1-5-9-13-33-29(39)45-19-17-44-28(38)32(22-24(32)8-4)26(36)42-16-12-11-14-34-30(40)46-20-18-43-27(37)31(21-23(31)7-3)25(35)41-15-10-6-2/h7-8,23-24H,3-6,9-22H2,1-2H3,(H,33,39)(H,34,40). The van der Waals surface area contributed by atoms with E-state index in [4.69, 9.17) is 28.4 Å². The summed E-state index contributed by atoms with van der Waals surface area (Å²) in [5, 5.41) is 5.11. The van der Waals surface area contributed by atoms with Crippen LogP contribution in [0.25, 0.3) is 0 Å². The fourth-order valence-electron chi connectivity index (χ4n) is 4.66. The Hall–Kier alpha value is -4.10. The van der Waals surface area contributed by atoms with E-state index in [1.165, 1.54) is 12.2 Å². The minimum absolute atomic E-state index is 0.0137. The Morgan fingerprint density at radius 1 is 0.565 bits per heavy atom. The van der Waals surface area contributed by atoms with E-state index >= 15 is 0 Å². The van der Waals surface area contributed by atoms with Crippen molar-refractivity contribution in [3.63, 3.8) is 0 Å². The zero-order valence-corrected chi connectivity index (χ0v) is 26.9. The molecular formula is C32H48N2O12. The lowest BCUT2D eigenvalue weighted by Crippen LogP contribution is -2.33. The van der Waals surface area contributed by atoms with Gasteiger partial charge in [-0.1, -0.05) is 38.8 Å². The van der Waals surface area contributed by atoms with E-state index in [1.54, 1.807) is 0 Å². The molecule has 0 heterocycles. The first-order valence-corrected chi connectivity index (χ1v) is 15.9. The smallest absolute Gasteiger partial charge is 0.407 e. The van der Waals surface area contributed by atoms with E-state index in [-0.39, 0.29) is 64.9 Å². The molecule has 0 aliphatic heterocycles. The van der Waals surface area contributed by atoms with Crippen LogP contribution < -0.4 is 10.6 Å². The minimum atomic E-state index is -1.46. The third-order valence-electron chi connectivity index (χ3n) is 7.76. The number of nitrogens with one attached hydrogen (secondary N) is 2. The molecule has 2 aliphatic rings. The van der Waals surface area contributed by atoms with E-state index in [0.717, 1.165) is 19.3 Å². The molecule has 14 heteroatoms. The number of rotatable bonds is 23. The predicted molar refractivity (Wildman–Crippen MR) is 163 cm³/mol. The molecule has 0 aromatic heterocycles. The number of carbonyl (C=O) groups excluding carboxylic acids is 6. The van der Waals surface area contributed by atoms with Gasteiger partial charge in [-0.25, -0.2) is 9.59 Å². The highest BCUT2D eigenvalue weighted by Crippen LogP contribution is 2.56. The average Bonchev–Trinajstić information content (AvgIpc) is 3.96. The van der Waals surface area contributed by atoms with Crippen LogP contribution >= 0.6 is 0 Å². The fraction of sp³-hybridized carbons (Fsp3) is 0.688. The van der Waals surface area contributed by atoms with E-state index in [1.807, 2.05) is 13.8 Å². The second-order valence-electron chi connectivity index (χ2n) is 11.1. The Labute approximate surface area is 269 Å². The molecule has 0 radical (unpaired) electrons. The summed E-state index contributed by atoms with van der Waals surface area (Å²) in [5.41, 5.74) is -2.84. The third-order valence-corrected chi connectivity index (χ3v) is 7.76. The van der Waals surface area contributed by atoms with Crippen molar-refractivity contribution < 1.29 is 57.2 Å². The van der Waals surface area contributed by atoms with E-state index in [0.29, 0.717) is 25.8 Å². The van der Waals surface area contributed by atoms with Gasteiger partial charge in [-0.15, -0.1) is 13.2 Å². The van der Waals surface area contributed by atoms with Crippen LogP contribution in [0.1, 0.15) is 65.2 Å². The van der Waals surface area contributed by atoms with Gasteiger partial charge in [0.15, 0.2) is 10.8 Å². The number of unbranched alkanes of at least 4 members (excludes halogenated alkanes) is 3. The second kappa shape index (κ2) is 19.4. The maximum Gasteiger partial charge on any atom is 0.407 e. The minimum Gasteiger partial charge on any atom is -0.465 e. The average molecular weight is 653 g/mol. The molecule has 2 saturated carbocycles. The van der Waals surface area contributed by atoms with Crippen molar-refractivity contribution in [3.05, 3.63) is 25.3 Å². The first-order chi connectivity index (χ1) is 22.1. The van der Waals surface area contributed by atoms with Crippen molar-refractivity contribution in [3.8, 4) is 0 Å². The van der Waals surface area contributed by atoms with Crippen LogP contribution in [0.15, 0.2) is 25.3 Å². The van der Waals surface area contributed by atoms with Gasteiger partial charge in [-0.3, -0.25) is 19.2 Å². The number of ether oxygens (including phenoxy) is 6. The van der Waals surface area contributed by atoms with Crippen LogP contribution in [0.2, 0.25) is 0 Å². The molecule has 4 unspecified atom stereocenters. The highest BCUT2D eigenvalue weighted by atomic mass is 16.6. The number of esters is 4. The maximum atomic E-state index is 12.7. The van der Waals surface area contributed by atoms with Gasteiger partial charge in [0, 0.05) is 24.9 Å². The summed E-state index contributed by atoms with van der Waals surface area (Å²) in [5.74, 6) is -3.60. The Morgan fingerprint density at radius 3 is 1.33 bits per heavy atom. The second-order valence-corrected chi connectivity index (χ2v) is 11.1. The molecular weight excluding hydrogens is 604 g/mol. The fourth-order valence-corrected chi connectivity index (χ4v) is 4.66. The number of hydrogen-bond donors (Lipinski definition) is 2. The molecule has 0 spiro atoms. The van der Waals surface area contributed by atoms with Gasteiger partial charge >= 0.3 is 36.1 Å². The molecule has 258 valence electrons. The van der Waals surface area contributed by atoms with Crippen LogP contribution in [0.4, 0.5) is 9.59 Å². The molecule has 0 saturated heterocycles. The van der Waals surface area contributed by atoms with Crippen LogP contribution in [0, 0.1) is 22.7 Å². The monoisotopic (exact) mass is 652 g/mol. The van der Waals surface area contributed by atoms with Gasteiger partial charge in [-0.2, -0.15) is 0 Å². The van der Waals surface area contributed by atoms with E-state index in [2.05, 4.69) is 23.8 Å². The molecule has 0 bridgehead atoms. The summed E-state index contributed by atoms with van der Waals surface area (Å²) in [6, 6.07) is 0. The lowest BCUT2D eigenvalue weighted by molar-refractivity contribution is -0.167. The van der Waals surface area contributed by atoms with Crippen LogP contribution in [0.3, 0.4) is 0 Å². The molecule has 2 amide bonds. The number of hydrogen-bond acceptors (Lipinski definition) is 12. The molecule has 4 atom stereocenters. The van der Waals surface area contributed by atoms with Gasteiger partial charge in [-0.05, 0) is 38.5 Å². The first kappa shape index (κ1) is 38.1. The number of alkyl carbamates (subject to hydrolysis) is 2. The van der Waals surface area contributed by atoms with Crippen molar-refractivity contribution >= 4 is 36.1 Å². The van der Waals surface area contributed by atoms with Crippen LogP contribution in [-0.4, -0.2) is 88.8 Å². The van der Waals surface area contributed by atoms with Crippen molar-refractivity contribution in [1.82, 2.24) is 10.6 Å². The van der Waals surface area contributed by atoms with Crippen LogP contribution in [-0.2, 0) is 47.6 Å². The molecule has 2 rings (SSSR count). The lowest BCUT2D eigenvalue weighted by Gasteiger charge is -2.15. The van der Waals surface area contributed by atoms with Gasteiger partial charge < -0.3 is 39.1 Å². The summed E-state index contributed by atoms with van der Waals surface area (Å²) < 4.78 is 30.8. The summed E-state index contributed by atoms with van der Waals surface area (Å²) in [6.45, 7) is 11.4.